The van der Waals surface area contributed by atoms with Crippen molar-refractivity contribution in [1.29, 1.82) is 0 Å². The van der Waals surface area contributed by atoms with Gasteiger partial charge >= 0.3 is 5.97 Å². The number of hydrogen-bond donors (Lipinski definition) is 1. The van der Waals surface area contributed by atoms with Gasteiger partial charge in [-0.25, -0.2) is 4.79 Å². The lowest BCUT2D eigenvalue weighted by Gasteiger charge is -2.34. The second-order valence-electron chi connectivity index (χ2n) is 8.17. The fourth-order valence-corrected chi connectivity index (χ4v) is 5.11. The van der Waals surface area contributed by atoms with Gasteiger partial charge in [0.15, 0.2) is 0 Å². The molecular formula is C26H28ClN3O3S. The molecule has 2 heterocycles. The number of thiophene rings is 1. The molecular weight excluding hydrogens is 470 g/mol. The van der Waals surface area contributed by atoms with Crippen LogP contribution in [0.5, 0.6) is 0 Å². The number of nitrogens with one attached hydrogen (secondary N) is 1. The SMILES string of the molecule is CCOC(=O)c1c(-c2ccccc2)csc1NC(=O)CN1CCN(Cc2ccc(Cl)cc2)CC1. The van der Waals surface area contributed by atoms with Crippen LogP contribution in [0.2, 0.25) is 5.02 Å². The molecule has 0 aliphatic carbocycles. The van der Waals surface area contributed by atoms with Crippen molar-refractivity contribution in [2.45, 2.75) is 13.5 Å². The quantitative estimate of drug-likeness (QED) is 0.444. The van der Waals surface area contributed by atoms with E-state index in [-0.39, 0.29) is 19.1 Å². The molecule has 8 heteroatoms. The number of rotatable bonds is 8. The van der Waals surface area contributed by atoms with E-state index in [4.69, 9.17) is 16.3 Å². The number of ether oxygens (including phenoxy) is 1. The topological polar surface area (TPSA) is 61.9 Å². The number of piperazine rings is 1. The molecule has 1 N–H and O–H groups in total. The molecule has 0 bridgehead atoms. The van der Waals surface area contributed by atoms with E-state index in [0.717, 1.165) is 48.9 Å². The van der Waals surface area contributed by atoms with E-state index >= 15 is 0 Å². The maximum absolute atomic E-state index is 12.8. The number of halogens is 1. The minimum Gasteiger partial charge on any atom is -0.462 e. The number of esters is 1. The Hall–Kier alpha value is -2.71. The summed E-state index contributed by atoms with van der Waals surface area (Å²) in [5.74, 6) is -0.549. The van der Waals surface area contributed by atoms with E-state index in [2.05, 4.69) is 15.1 Å². The summed E-state index contributed by atoms with van der Waals surface area (Å²) in [5.41, 5.74) is 3.34. The van der Waals surface area contributed by atoms with E-state index in [1.807, 2.05) is 60.0 Å². The first-order valence-electron chi connectivity index (χ1n) is 11.4. The van der Waals surface area contributed by atoms with Crippen LogP contribution < -0.4 is 5.32 Å². The zero-order chi connectivity index (χ0) is 23.9. The van der Waals surface area contributed by atoms with Crippen LogP contribution in [-0.2, 0) is 16.1 Å². The van der Waals surface area contributed by atoms with Gasteiger partial charge in [0, 0.05) is 48.7 Å². The van der Waals surface area contributed by atoms with E-state index in [1.54, 1.807) is 6.92 Å². The molecule has 2 aromatic carbocycles. The lowest BCUT2D eigenvalue weighted by atomic mass is 10.0. The Bertz CT molecular complexity index is 1110. The average Bonchev–Trinajstić information content (AvgIpc) is 3.26. The van der Waals surface area contributed by atoms with Crippen LogP contribution in [-0.4, -0.2) is 61.0 Å². The van der Waals surface area contributed by atoms with Gasteiger partial charge in [-0.3, -0.25) is 14.6 Å². The Kier molecular flexibility index (Phi) is 8.34. The van der Waals surface area contributed by atoms with Gasteiger partial charge in [0.25, 0.3) is 0 Å². The van der Waals surface area contributed by atoms with E-state index in [9.17, 15) is 9.59 Å². The molecule has 6 nitrogen and oxygen atoms in total. The average molecular weight is 498 g/mol. The van der Waals surface area contributed by atoms with Crippen molar-refractivity contribution in [3.8, 4) is 11.1 Å². The largest absolute Gasteiger partial charge is 0.462 e. The minimum absolute atomic E-state index is 0.127. The van der Waals surface area contributed by atoms with Crippen molar-refractivity contribution >= 4 is 39.8 Å². The third-order valence-electron chi connectivity index (χ3n) is 5.76. The van der Waals surface area contributed by atoms with Crippen molar-refractivity contribution in [1.82, 2.24) is 9.80 Å². The van der Waals surface area contributed by atoms with E-state index < -0.39 is 5.97 Å². The first-order valence-corrected chi connectivity index (χ1v) is 12.6. The zero-order valence-corrected chi connectivity index (χ0v) is 20.7. The summed E-state index contributed by atoms with van der Waals surface area (Å²) in [4.78, 5) is 30.1. The predicted octanol–water partition coefficient (Wildman–Crippen LogP) is 5.00. The van der Waals surface area contributed by atoms with Crippen LogP contribution in [0.15, 0.2) is 60.0 Å². The van der Waals surface area contributed by atoms with Crippen LogP contribution in [0.3, 0.4) is 0 Å². The summed E-state index contributed by atoms with van der Waals surface area (Å²) < 4.78 is 5.28. The molecule has 1 amide bonds. The van der Waals surface area contributed by atoms with Crippen LogP contribution in [0.1, 0.15) is 22.8 Å². The fraction of sp³-hybridized carbons (Fsp3) is 0.308. The normalized spacial score (nSPS) is 14.6. The van der Waals surface area contributed by atoms with Gasteiger partial charge in [-0.05, 0) is 30.2 Å². The molecule has 1 saturated heterocycles. The number of anilines is 1. The minimum atomic E-state index is -0.422. The van der Waals surface area contributed by atoms with Crippen molar-refractivity contribution in [3.63, 3.8) is 0 Å². The van der Waals surface area contributed by atoms with Gasteiger partial charge < -0.3 is 10.1 Å². The fourth-order valence-electron chi connectivity index (χ4n) is 4.01. The molecule has 1 fully saturated rings. The Balaban J connectivity index is 1.35. The molecule has 0 spiro atoms. The lowest BCUT2D eigenvalue weighted by Crippen LogP contribution is -2.48. The van der Waals surface area contributed by atoms with Gasteiger partial charge in [-0.2, -0.15) is 0 Å². The number of carbonyl (C=O) groups excluding carboxylic acids is 2. The first kappa shape index (κ1) is 24.4. The second-order valence-corrected chi connectivity index (χ2v) is 9.48. The van der Waals surface area contributed by atoms with Gasteiger partial charge in [-0.1, -0.05) is 54.1 Å². The Morgan fingerprint density at radius 1 is 1.00 bits per heavy atom. The molecule has 3 aromatic rings. The van der Waals surface area contributed by atoms with E-state index in [1.165, 1.54) is 16.9 Å². The van der Waals surface area contributed by atoms with Crippen molar-refractivity contribution in [2.75, 3.05) is 44.6 Å². The van der Waals surface area contributed by atoms with Crippen molar-refractivity contribution < 1.29 is 14.3 Å². The van der Waals surface area contributed by atoms with Gasteiger partial charge in [-0.15, -0.1) is 11.3 Å². The van der Waals surface area contributed by atoms with Gasteiger partial charge in [0.1, 0.15) is 10.6 Å². The molecule has 0 radical (unpaired) electrons. The molecule has 34 heavy (non-hydrogen) atoms. The third-order valence-corrected chi connectivity index (χ3v) is 6.91. The highest BCUT2D eigenvalue weighted by Crippen LogP contribution is 2.36. The van der Waals surface area contributed by atoms with E-state index in [0.29, 0.717) is 10.6 Å². The molecule has 1 aliphatic heterocycles. The Morgan fingerprint density at radius 3 is 2.35 bits per heavy atom. The maximum Gasteiger partial charge on any atom is 0.341 e. The lowest BCUT2D eigenvalue weighted by molar-refractivity contribution is -0.117. The summed E-state index contributed by atoms with van der Waals surface area (Å²) in [5, 5.41) is 6.12. The van der Waals surface area contributed by atoms with Crippen LogP contribution in [0.25, 0.3) is 11.1 Å². The standard InChI is InChI=1S/C26H28ClN3O3S/c1-2-33-26(32)24-22(20-6-4-3-5-7-20)18-34-25(24)28-23(31)17-30-14-12-29(13-15-30)16-19-8-10-21(27)11-9-19/h3-11,18H,2,12-17H2,1H3,(H,28,31). The van der Waals surface area contributed by atoms with Gasteiger partial charge in [0.05, 0.1) is 13.2 Å². The monoisotopic (exact) mass is 497 g/mol. The van der Waals surface area contributed by atoms with Crippen molar-refractivity contribution in [3.05, 3.63) is 76.1 Å². The first-order chi connectivity index (χ1) is 16.5. The molecule has 0 saturated carbocycles. The Morgan fingerprint density at radius 2 is 1.68 bits per heavy atom. The van der Waals surface area contributed by atoms with Gasteiger partial charge in [0.2, 0.25) is 5.91 Å². The summed E-state index contributed by atoms with van der Waals surface area (Å²) in [6, 6.07) is 17.6. The molecule has 178 valence electrons. The summed E-state index contributed by atoms with van der Waals surface area (Å²) in [6.07, 6.45) is 0. The molecule has 4 rings (SSSR count). The smallest absolute Gasteiger partial charge is 0.341 e. The predicted molar refractivity (Wildman–Crippen MR) is 138 cm³/mol. The Labute approximate surface area is 209 Å². The third kappa shape index (κ3) is 6.24. The highest BCUT2D eigenvalue weighted by molar-refractivity contribution is 7.15. The molecule has 1 aromatic heterocycles. The number of carbonyl (C=O) groups is 2. The summed E-state index contributed by atoms with van der Waals surface area (Å²) in [6.45, 7) is 6.61. The summed E-state index contributed by atoms with van der Waals surface area (Å²) >= 11 is 7.32. The number of hydrogen-bond acceptors (Lipinski definition) is 6. The second kappa shape index (κ2) is 11.6. The van der Waals surface area contributed by atoms with Crippen LogP contribution in [0.4, 0.5) is 5.00 Å². The highest BCUT2D eigenvalue weighted by atomic mass is 35.5. The summed E-state index contributed by atoms with van der Waals surface area (Å²) in [7, 11) is 0. The molecule has 0 atom stereocenters. The highest BCUT2D eigenvalue weighted by Gasteiger charge is 2.24. The molecule has 0 unspecified atom stereocenters. The number of benzene rings is 2. The maximum atomic E-state index is 12.8. The van der Waals surface area contributed by atoms with Crippen molar-refractivity contribution in [2.24, 2.45) is 0 Å². The zero-order valence-electron chi connectivity index (χ0n) is 19.1. The van der Waals surface area contributed by atoms with Crippen LogP contribution in [0, 0.1) is 0 Å². The van der Waals surface area contributed by atoms with Crippen LogP contribution >= 0.6 is 22.9 Å². The number of amides is 1. The molecule has 1 aliphatic rings. The number of nitrogens with zero attached hydrogens (tertiary/aromatic N) is 2.